The molecule has 2 nitrogen and oxygen atoms in total. The maximum Gasteiger partial charge on any atom is 0.101 e. The highest BCUT2D eigenvalue weighted by atomic mass is 32.1. The predicted octanol–water partition coefficient (Wildman–Crippen LogP) is 10.4. The molecule has 0 saturated heterocycles. The Bertz CT molecular complexity index is 2130. The third kappa shape index (κ3) is 3.67. The Balaban J connectivity index is 1.40. The van der Waals surface area contributed by atoms with Crippen LogP contribution in [0.15, 0.2) is 145 Å². The summed E-state index contributed by atoms with van der Waals surface area (Å²) in [5.74, 6) is 0. The molecule has 0 radical (unpaired) electrons. The van der Waals surface area contributed by atoms with Gasteiger partial charge in [-0.25, -0.2) is 4.52 Å². The second-order valence-corrected chi connectivity index (χ2v) is 11.0. The lowest BCUT2D eigenvalue weighted by Crippen LogP contribution is -1.94. The van der Waals surface area contributed by atoms with Crippen LogP contribution in [0.2, 0.25) is 0 Å². The van der Waals surface area contributed by atoms with E-state index >= 15 is 0 Å². The van der Waals surface area contributed by atoms with Crippen molar-refractivity contribution in [3.8, 4) is 44.1 Å². The fourth-order valence-electron chi connectivity index (χ4n) is 5.85. The van der Waals surface area contributed by atoms with E-state index in [0.29, 0.717) is 0 Å². The van der Waals surface area contributed by atoms with E-state index < -0.39 is 0 Å². The van der Waals surface area contributed by atoms with Crippen molar-refractivity contribution in [1.82, 2.24) is 9.61 Å². The molecule has 0 fully saturated rings. The van der Waals surface area contributed by atoms with E-state index in [0.717, 1.165) is 28.0 Å². The van der Waals surface area contributed by atoms with Gasteiger partial charge in [-0.2, -0.15) is 5.10 Å². The monoisotopic (exact) mass is 528 g/mol. The van der Waals surface area contributed by atoms with Crippen molar-refractivity contribution in [3.05, 3.63) is 145 Å². The zero-order chi connectivity index (χ0) is 26.5. The lowest BCUT2D eigenvalue weighted by molar-refractivity contribution is 0.982. The molecule has 40 heavy (non-hydrogen) atoms. The number of aromatic nitrogens is 2. The first-order valence-electron chi connectivity index (χ1n) is 13.5. The highest BCUT2D eigenvalue weighted by molar-refractivity contribution is 7.13. The van der Waals surface area contributed by atoms with Crippen LogP contribution in [0.4, 0.5) is 0 Å². The molecule has 8 aromatic rings. The van der Waals surface area contributed by atoms with Gasteiger partial charge in [-0.1, -0.05) is 127 Å². The lowest BCUT2D eigenvalue weighted by atomic mass is 9.94. The number of nitrogens with zero attached hydrogens (tertiary/aromatic N) is 2. The topological polar surface area (TPSA) is 17.3 Å². The summed E-state index contributed by atoms with van der Waals surface area (Å²) in [6, 6.07) is 49.9. The molecular weight excluding hydrogens is 504 g/mol. The highest BCUT2D eigenvalue weighted by Crippen LogP contribution is 2.42. The van der Waals surface area contributed by atoms with E-state index in [1.165, 1.54) is 43.1 Å². The molecule has 0 saturated carbocycles. The minimum Gasteiger partial charge on any atom is -0.230 e. The van der Waals surface area contributed by atoms with Crippen molar-refractivity contribution in [1.29, 1.82) is 0 Å². The fourth-order valence-corrected chi connectivity index (χ4v) is 6.58. The van der Waals surface area contributed by atoms with Gasteiger partial charge < -0.3 is 0 Å². The highest BCUT2D eigenvalue weighted by Gasteiger charge is 2.21. The number of pyridine rings is 1. The van der Waals surface area contributed by atoms with E-state index in [4.69, 9.17) is 5.10 Å². The molecule has 0 unspecified atom stereocenters. The van der Waals surface area contributed by atoms with Crippen molar-refractivity contribution in [2.45, 2.75) is 0 Å². The Labute approximate surface area is 236 Å². The SMILES string of the molecule is c1ccc(-c2c(-c3ccc(-c4cccc5ccccc45)cc3)nn3c(-c4cccs4)cc4ccccc4c23)cc1. The molecule has 0 aliphatic carbocycles. The van der Waals surface area contributed by atoms with Gasteiger partial charge in [0, 0.05) is 16.5 Å². The number of hydrogen-bond acceptors (Lipinski definition) is 2. The molecule has 0 bridgehead atoms. The van der Waals surface area contributed by atoms with Crippen molar-refractivity contribution < 1.29 is 0 Å². The molecule has 0 aliphatic rings. The van der Waals surface area contributed by atoms with Crippen LogP contribution in [0.3, 0.4) is 0 Å². The van der Waals surface area contributed by atoms with Gasteiger partial charge in [0.25, 0.3) is 0 Å². The van der Waals surface area contributed by atoms with Crippen molar-refractivity contribution in [3.63, 3.8) is 0 Å². The number of fused-ring (bicyclic) bond motifs is 4. The van der Waals surface area contributed by atoms with Gasteiger partial charge in [-0.05, 0) is 50.4 Å². The van der Waals surface area contributed by atoms with E-state index in [9.17, 15) is 0 Å². The van der Waals surface area contributed by atoms with Crippen LogP contribution in [0, 0.1) is 0 Å². The van der Waals surface area contributed by atoms with Gasteiger partial charge in [-0.15, -0.1) is 11.3 Å². The molecule has 0 amide bonds. The standard InChI is InChI=1S/C37H24N2S/c1-2-11-27(12-3-1)35-36(28-21-19-26(20-22-28)31-17-8-14-25-10-4-6-15-30(25)31)38-39-33(34-18-9-23-40-34)24-29-13-5-7-16-32(29)37(35)39/h1-24H. The summed E-state index contributed by atoms with van der Waals surface area (Å²) in [6.45, 7) is 0. The molecular formula is C37H24N2S. The van der Waals surface area contributed by atoms with Crippen LogP contribution in [0.25, 0.3) is 71.1 Å². The zero-order valence-electron chi connectivity index (χ0n) is 21.7. The van der Waals surface area contributed by atoms with E-state index in [-0.39, 0.29) is 0 Å². The Morgan fingerprint density at radius 1 is 0.525 bits per heavy atom. The molecule has 0 spiro atoms. The van der Waals surface area contributed by atoms with Gasteiger partial charge in [0.1, 0.15) is 5.69 Å². The van der Waals surface area contributed by atoms with Crippen molar-refractivity contribution >= 4 is 38.4 Å². The predicted molar refractivity (Wildman–Crippen MR) is 170 cm³/mol. The minimum atomic E-state index is 0.991. The summed E-state index contributed by atoms with van der Waals surface area (Å²) < 4.78 is 2.16. The van der Waals surface area contributed by atoms with Gasteiger partial charge in [0.05, 0.1) is 16.1 Å². The number of hydrogen-bond donors (Lipinski definition) is 0. The second-order valence-electron chi connectivity index (χ2n) is 10.0. The summed E-state index contributed by atoms with van der Waals surface area (Å²) in [5, 5.41) is 12.4. The molecule has 188 valence electrons. The normalized spacial score (nSPS) is 11.5. The zero-order valence-corrected chi connectivity index (χ0v) is 22.5. The van der Waals surface area contributed by atoms with Crippen LogP contribution in [0.5, 0.6) is 0 Å². The molecule has 8 rings (SSSR count). The Morgan fingerprint density at radius 3 is 2.02 bits per heavy atom. The molecule has 3 heterocycles. The van der Waals surface area contributed by atoms with E-state index in [2.05, 4.69) is 149 Å². The third-order valence-corrected chi connectivity index (χ3v) is 8.61. The molecule has 3 aromatic heterocycles. The van der Waals surface area contributed by atoms with Crippen LogP contribution >= 0.6 is 11.3 Å². The minimum absolute atomic E-state index is 0.991. The number of thiophene rings is 1. The first-order chi connectivity index (χ1) is 19.8. The van der Waals surface area contributed by atoms with Crippen LogP contribution in [-0.4, -0.2) is 9.61 Å². The van der Waals surface area contributed by atoms with Crippen molar-refractivity contribution in [2.75, 3.05) is 0 Å². The number of rotatable bonds is 4. The smallest absolute Gasteiger partial charge is 0.101 e. The summed E-state index contributed by atoms with van der Waals surface area (Å²) in [5.41, 5.74) is 9.12. The summed E-state index contributed by atoms with van der Waals surface area (Å²) in [4.78, 5) is 1.20. The summed E-state index contributed by atoms with van der Waals surface area (Å²) in [6.07, 6.45) is 0. The maximum absolute atomic E-state index is 5.34. The third-order valence-electron chi connectivity index (χ3n) is 7.72. The van der Waals surface area contributed by atoms with Crippen LogP contribution < -0.4 is 0 Å². The Hall–Kier alpha value is -4.99. The van der Waals surface area contributed by atoms with Gasteiger partial charge in [0.15, 0.2) is 0 Å². The maximum atomic E-state index is 5.34. The Morgan fingerprint density at radius 2 is 1.23 bits per heavy atom. The van der Waals surface area contributed by atoms with Crippen molar-refractivity contribution in [2.24, 2.45) is 0 Å². The first kappa shape index (κ1) is 22.9. The fraction of sp³-hybridized carbons (Fsp3) is 0. The van der Waals surface area contributed by atoms with Gasteiger partial charge in [0.2, 0.25) is 0 Å². The molecule has 5 aromatic carbocycles. The lowest BCUT2D eigenvalue weighted by Gasteiger charge is -2.10. The van der Waals surface area contributed by atoms with E-state index in [1.54, 1.807) is 11.3 Å². The van der Waals surface area contributed by atoms with Crippen LogP contribution in [-0.2, 0) is 0 Å². The quantitative estimate of drug-likeness (QED) is 0.222. The molecule has 0 atom stereocenters. The number of benzene rings is 5. The van der Waals surface area contributed by atoms with Crippen LogP contribution in [0.1, 0.15) is 0 Å². The molecule has 0 aliphatic heterocycles. The summed E-state index contributed by atoms with van der Waals surface area (Å²) >= 11 is 1.75. The van der Waals surface area contributed by atoms with E-state index in [1.807, 2.05) is 0 Å². The largest absolute Gasteiger partial charge is 0.230 e. The summed E-state index contributed by atoms with van der Waals surface area (Å²) in [7, 11) is 0. The average Bonchev–Trinajstić information content (AvgIpc) is 3.70. The first-order valence-corrected chi connectivity index (χ1v) is 14.4. The Kier molecular flexibility index (Phi) is 5.35. The van der Waals surface area contributed by atoms with Gasteiger partial charge in [-0.3, -0.25) is 0 Å². The molecule has 0 N–H and O–H groups in total. The average molecular weight is 529 g/mol. The molecule has 3 heteroatoms. The second kappa shape index (κ2) is 9.33. The van der Waals surface area contributed by atoms with Gasteiger partial charge >= 0.3 is 0 Å².